The fraction of sp³-hybridized carbons (Fsp3) is 0.0556. The summed E-state index contributed by atoms with van der Waals surface area (Å²) in [5.74, 6) is -1.49. The smallest absolute Gasteiger partial charge is 0.409 e. The number of amides is 1. The lowest BCUT2D eigenvalue weighted by Gasteiger charge is -2.09. The van der Waals surface area contributed by atoms with Gasteiger partial charge in [0.1, 0.15) is 11.6 Å². The summed E-state index contributed by atoms with van der Waals surface area (Å²) in [6, 6.07) is 12.2. The number of nitrogens with one attached hydrogen (secondary N) is 1. The molecule has 1 amide bonds. The number of anilines is 1. The van der Waals surface area contributed by atoms with Crippen molar-refractivity contribution < 1.29 is 18.7 Å². The number of halogens is 2. The number of benzene rings is 2. The summed E-state index contributed by atoms with van der Waals surface area (Å²) >= 11 is 0. The molecule has 0 fully saturated rings. The summed E-state index contributed by atoms with van der Waals surface area (Å²) in [6.07, 6.45) is -1.20. The highest BCUT2D eigenvalue weighted by Gasteiger charge is 2.10. The van der Waals surface area contributed by atoms with E-state index in [9.17, 15) is 18.4 Å². The van der Waals surface area contributed by atoms with Crippen LogP contribution in [0, 0.1) is 11.6 Å². The van der Waals surface area contributed by atoms with Gasteiger partial charge >= 0.3 is 6.09 Å². The van der Waals surface area contributed by atoms with Crippen LogP contribution < -0.4 is 10.9 Å². The Balaban J connectivity index is 1.94. The van der Waals surface area contributed by atoms with E-state index >= 15 is 0 Å². The Morgan fingerprint density at radius 2 is 1.92 bits per heavy atom. The molecule has 3 rings (SSSR count). The lowest BCUT2D eigenvalue weighted by molar-refractivity contribution is 0.209. The molecule has 6 nitrogen and oxygen atoms in total. The Morgan fingerprint density at radius 3 is 2.65 bits per heavy atom. The van der Waals surface area contributed by atoms with Crippen molar-refractivity contribution >= 4 is 11.8 Å². The summed E-state index contributed by atoms with van der Waals surface area (Å²) in [7, 11) is 0. The van der Waals surface area contributed by atoms with Gasteiger partial charge in [-0.05, 0) is 35.9 Å². The molecule has 2 N–H and O–H groups in total. The summed E-state index contributed by atoms with van der Waals surface area (Å²) in [6.45, 7) is 0.0601. The number of aromatic nitrogens is 2. The molecule has 2 aromatic carbocycles. The minimum Gasteiger partial charge on any atom is -0.465 e. The minimum absolute atomic E-state index is 0.0601. The molecule has 132 valence electrons. The van der Waals surface area contributed by atoms with Crippen LogP contribution >= 0.6 is 0 Å². The standard InChI is InChI=1S/C18H13F2N3O3/c19-12-4-5-14(15(20)9-12)16-6-7-17(24)23(22-16)10-11-2-1-3-13(8-11)21-18(25)26/h1-9,21H,10H2,(H,25,26). The molecule has 0 unspecified atom stereocenters. The van der Waals surface area contributed by atoms with Crippen molar-refractivity contribution in [2.24, 2.45) is 0 Å². The molecule has 0 saturated heterocycles. The SMILES string of the molecule is O=C(O)Nc1cccc(Cn2nc(-c3ccc(F)cc3F)ccc2=O)c1. The van der Waals surface area contributed by atoms with Gasteiger partial charge in [0.15, 0.2) is 0 Å². The van der Waals surface area contributed by atoms with Gasteiger partial charge in [0.2, 0.25) is 0 Å². The van der Waals surface area contributed by atoms with E-state index < -0.39 is 23.3 Å². The van der Waals surface area contributed by atoms with Crippen molar-refractivity contribution in [3.63, 3.8) is 0 Å². The van der Waals surface area contributed by atoms with Crippen LogP contribution in [0.25, 0.3) is 11.3 Å². The van der Waals surface area contributed by atoms with E-state index in [-0.39, 0.29) is 17.8 Å². The summed E-state index contributed by atoms with van der Waals surface area (Å²) in [4.78, 5) is 22.8. The third-order valence-electron chi connectivity index (χ3n) is 3.58. The largest absolute Gasteiger partial charge is 0.465 e. The van der Waals surface area contributed by atoms with Crippen LogP contribution in [-0.2, 0) is 6.54 Å². The number of rotatable bonds is 4. The number of carbonyl (C=O) groups is 1. The zero-order chi connectivity index (χ0) is 18.7. The maximum Gasteiger partial charge on any atom is 0.409 e. The van der Waals surface area contributed by atoms with Crippen LogP contribution in [-0.4, -0.2) is 21.0 Å². The van der Waals surface area contributed by atoms with Crippen LogP contribution in [0.3, 0.4) is 0 Å². The van der Waals surface area contributed by atoms with Crippen molar-refractivity contribution in [3.05, 3.63) is 82.1 Å². The molecule has 0 atom stereocenters. The van der Waals surface area contributed by atoms with E-state index in [1.165, 1.54) is 18.2 Å². The second kappa shape index (κ2) is 7.14. The lowest BCUT2D eigenvalue weighted by atomic mass is 10.1. The molecule has 0 saturated carbocycles. The van der Waals surface area contributed by atoms with Crippen molar-refractivity contribution in [2.75, 3.05) is 5.32 Å². The van der Waals surface area contributed by atoms with E-state index in [2.05, 4.69) is 10.4 Å². The van der Waals surface area contributed by atoms with Crippen LogP contribution in [0.15, 0.2) is 59.4 Å². The molecule has 0 aliphatic rings. The normalized spacial score (nSPS) is 10.5. The first kappa shape index (κ1) is 17.3. The Labute approximate surface area is 146 Å². The predicted molar refractivity (Wildman–Crippen MR) is 91.0 cm³/mol. The minimum atomic E-state index is -1.20. The van der Waals surface area contributed by atoms with Gasteiger partial charge in [0.25, 0.3) is 5.56 Å². The van der Waals surface area contributed by atoms with Gasteiger partial charge < -0.3 is 5.11 Å². The van der Waals surface area contributed by atoms with Gasteiger partial charge in [-0.2, -0.15) is 5.10 Å². The van der Waals surface area contributed by atoms with E-state index in [4.69, 9.17) is 5.11 Å². The zero-order valence-electron chi connectivity index (χ0n) is 13.3. The zero-order valence-corrected chi connectivity index (χ0v) is 13.3. The topological polar surface area (TPSA) is 84.2 Å². The molecule has 8 heteroatoms. The molecule has 0 aliphatic carbocycles. The number of nitrogens with zero attached hydrogens (tertiary/aromatic N) is 2. The highest BCUT2D eigenvalue weighted by Crippen LogP contribution is 2.20. The highest BCUT2D eigenvalue weighted by atomic mass is 19.1. The molecule has 1 aromatic heterocycles. The quantitative estimate of drug-likeness (QED) is 0.750. The molecule has 0 radical (unpaired) electrons. The molecule has 3 aromatic rings. The second-order valence-corrected chi connectivity index (χ2v) is 5.47. The van der Waals surface area contributed by atoms with Crippen molar-refractivity contribution in [2.45, 2.75) is 6.54 Å². The molecule has 1 heterocycles. The van der Waals surface area contributed by atoms with E-state index in [0.29, 0.717) is 11.3 Å². The van der Waals surface area contributed by atoms with Crippen LogP contribution in [0.5, 0.6) is 0 Å². The first-order chi connectivity index (χ1) is 12.4. The Kier molecular flexibility index (Phi) is 4.74. The molecular formula is C18H13F2N3O3. The fourth-order valence-electron chi connectivity index (χ4n) is 2.45. The van der Waals surface area contributed by atoms with Gasteiger partial charge in [0, 0.05) is 23.4 Å². The fourth-order valence-corrected chi connectivity index (χ4v) is 2.45. The van der Waals surface area contributed by atoms with Crippen molar-refractivity contribution in [3.8, 4) is 11.3 Å². The molecular weight excluding hydrogens is 344 g/mol. The number of hydrogen-bond acceptors (Lipinski definition) is 3. The van der Waals surface area contributed by atoms with Gasteiger partial charge in [-0.1, -0.05) is 12.1 Å². The maximum atomic E-state index is 13.9. The third-order valence-corrected chi connectivity index (χ3v) is 3.58. The number of carboxylic acid groups (broad SMARTS) is 1. The number of hydrogen-bond donors (Lipinski definition) is 2. The van der Waals surface area contributed by atoms with Crippen molar-refractivity contribution in [1.82, 2.24) is 9.78 Å². The second-order valence-electron chi connectivity index (χ2n) is 5.47. The van der Waals surface area contributed by atoms with Gasteiger partial charge in [0.05, 0.1) is 12.2 Å². The van der Waals surface area contributed by atoms with Crippen molar-refractivity contribution in [1.29, 1.82) is 0 Å². The first-order valence-corrected chi connectivity index (χ1v) is 7.55. The van der Waals surface area contributed by atoms with Crippen LogP contribution in [0.1, 0.15) is 5.56 Å². The van der Waals surface area contributed by atoms with Gasteiger partial charge in [-0.15, -0.1) is 0 Å². The lowest BCUT2D eigenvalue weighted by Crippen LogP contribution is -2.23. The summed E-state index contributed by atoms with van der Waals surface area (Å²) in [5.41, 5.74) is 0.822. The average molecular weight is 357 g/mol. The van der Waals surface area contributed by atoms with E-state index in [1.807, 2.05) is 0 Å². The molecule has 26 heavy (non-hydrogen) atoms. The predicted octanol–water partition coefficient (Wildman–Crippen LogP) is 3.33. The molecule has 0 spiro atoms. The van der Waals surface area contributed by atoms with E-state index in [0.717, 1.165) is 16.8 Å². The average Bonchev–Trinajstić information content (AvgIpc) is 2.57. The van der Waals surface area contributed by atoms with E-state index in [1.54, 1.807) is 24.3 Å². The Hall–Kier alpha value is -3.55. The Bertz CT molecular complexity index is 1030. The summed E-state index contributed by atoms with van der Waals surface area (Å²) < 4.78 is 28.1. The molecule has 0 aliphatic heterocycles. The summed E-state index contributed by atoms with van der Waals surface area (Å²) in [5, 5.41) is 15.1. The monoisotopic (exact) mass is 357 g/mol. The molecule has 0 bridgehead atoms. The Morgan fingerprint density at radius 1 is 1.12 bits per heavy atom. The van der Waals surface area contributed by atoms with Crippen LogP contribution in [0.4, 0.5) is 19.3 Å². The third kappa shape index (κ3) is 3.92. The first-order valence-electron chi connectivity index (χ1n) is 7.55. The van der Waals surface area contributed by atoms with Crippen LogP contribution in [0.2, 0.25) is 0 Å². The highest BCUT2D eigenvalue weighted by molar-refractivity contribution is 5.82. The van der Waals surface area contributed by atoms with Gasteiger partial charge in [-0.3, -0.25) is 10.1 Å². The maximum absolute atomic E-state index is 13.9. The van der Waals surface area contributed by atoms with Gasteiger partial charge in [-0.25, -0.2) is 18.3 Å².